The molecule has 3 rings (SSSR count). The normalized spacial score (nSPS) is 23.4. The van der Waals surface area contributed by atoms with Crippen molar-refractivity contribution < 1.29 is 0 Å². The van der Waals surface area contributed by atoms with Crippen molar-refractivity contribution in [2.24, 2.45) is 0 Å². The molecular formula is C15H21N. The molecule has 86 valence electrons. The molecule has 0 spiro atoms. The summed E-state index contributed by atoms with van der Waals surface area (Å²) in [4.78, 5) is 2.72. The number of aryl methyl sites for hydroxylation is 1. The molecule has 1 heterocycles. The fourth-order valence-electron chi connectivity index (χ4n) is 3.38. The third kappa shape index (κ3) is 1.58. The van der Waals surface area contributed by atoms with Crippen LogP contribution in [0.4, 0.5) is 0 Å². The number of nitrogens with zero attached hydrogens (tertiary/aromatic N) is 1. The first kappa shape index (κ1) is 10.3. The van der Waals surface area contributed by atoms with Crippen molar-refractivity contribution in [3.8, 4) is 0 Å². The predicted octanol–water partition coefficient (Wildman–Crippen LogP) is 3.33. The van der Waals surface area contributed by atoms with E-state index in [9.17, 15) is 0 Å². The zero-order valence-corrected chi connectivity index (χ0v) is 10.2. The Morgan fingerprint density at radius 3 is 2.88 bits per heavy atom. The van der Waals surface area contributed by atoms with E-state index in [1.165, 1.54) is 45.2 Å². The zero-order valence-electron chi connectivity index (χ0n) is 10.2. The summed E-state index contributed by atoms with van der Waals surface area (Å²) in [6, 6.07) is 7.68. The second kappa shape index (κ2) is 4.21. The Bertz CT molecular complexity index is 383. The summed E-state index contributed by atoms with van der Waals surface area (Å²) in [6.45, 7) is 4.87. The van der Waals surface area contributed by atoms with Crippen molar-refractivity contribution in [2.45, 2.75) is 45.1 Å². The topological polar surface area (TPSA) is 3.24 Å². The average molecular weight is 215 g/mol. The van der Waals surface area contributed by atoms with E-state index in [-0.39, 0.29) is 0 Å². The standard InChI is InChI=1S/C15H21N/c1-2-3-10-16-11-9-13-6-4-5-12-7-8-14(16)15(12)13/h4-6,14H,2-3,7-11H2,1H3. The van der Waals surface area contributed by atoms with Crippen LogP contribution in [0.5, 0.6) is 0 Å². The van der Waals surface area contributed by atoms with Crippen LogP contribution in [0.15, 0.2) is 18.2 Å². The Balaban J connectivity index is 1.88. The summed E-state index contributed by atoms with van der Waals surface area (Å²) < 4.78 is 0. The van der Waals surface area contributed by atoms with Crippen LogP contribution in [-0.2, 0) is 12.8 Å². The zero-order chi connectivity index (χ0) is 11.0. The van der Waals surface area contributed by atoms with Gasteiger partial charge in [0, 0.05) is 12.6 Å². The molecule has 0 radical (unpaired) electrons. The van der Waals surface area contributed by atoms with Gasteiger partial charge >= 0.3 is 0 Å². The number of hydrogen-bond donors (Lipinski definition) is 0. The third-order valence-corrected chi connectivity index (χ3v) is 4.22. The maximum Gasteiger partial charge on any atom is 0.0356 e. The molecule has 1 aromatic rings. The second-order valence-electron chi connectivity index (χ2n) is 5.18. The maximum atomic E-state index is 2.72. The Morgan fingerprint density at radius 1 is 1.25 bits per heavy atom. The first-order valence-corrected chi connectivity index (χ1v) is 6.75. The first-order valence-electron chi connectivity index (χ1n) is 6.75. The minimum absolute atomic E-state index is 0.756. The van der Waals surface area contributed by atoms with Crippen molar-refractivity contribution >= 4 is 0 Å². The summed E-state index contributed by atoms with van der Waals surface area (Å²) in [5, 5.41) is 0. The minimum Gasteiger partial charge on any atom is -0.296 e. The lowest BCUT2D eigenvalue weighted by atomic mass is 9.93. The number of hydrogen-bond acceptors (Lipinski definition) is 1. The molecule has 1 aliphatic carbocycles. The summed E-state index contributed by atoms with van der Waals surface area (Å²) >= 11 is 0. The highest BCUT2D eigenvalue weighted by Crippen LogP contribution is 2.41. The van der Waals surface area contributed by atoms with Crippen LogP contribution in [-0.4, -0.2) is 18.0 Å². The lowest BCUT2D eigenvalue weighted by molar-refractivity contribution is 0.183. The molecule has 0 N–H and O–H groups in total. The molecule has 16 heavy (non-hydrogen) atoms. The summed E-state index contributed by atoms with van der Waals surface area (Å²) in [5.41, 5.74) is 4.96. The van der Waals surface area contributed by atoms with Gasteiger partial charge in [-0.3, -0.25) is 4.90 Å². The van der Waals surface area contributed by atoms with E-state index in [0.717, 1.165) is 6.04 Å². The fraction of sp³-hybridized carbons (Fsp3) is 0.600. The van der Waals surface area contributed by atoms with Gasteiger partial charge in [0.1, 0.15) is 0 Å². The van der Waals surface area contributed by atoms with Gasteiger partial charge in [0.05, 0.1) is 0 Å². The van der Waals surface area contributed by atoms with Crippen molar-refractivity contribution in [1.82, 2.24) is 4.90 Å². The quantitative estimate of drug-likeness (QED) is 0.747. The van der Waals surface area contributed by atoms with Crippen LogP contribution in [0.3, 0.4) is 0 Å². The SMILES string of the molecule is CCCCN1CCc2cccc3c2C1CC3. The lowest BCUT2D eigenvalue weighted by Gasteiger charge is -2.35. The van der Waals surface area contributed by atoms with E-state index >= 15 is 0 Å². The second-order valence-corrected chi connectivity index (χ2v) is 5.18. The van der Waals surface area contributed by atoms with Crippen LogP contribution >= 0.6 is 0 Å². The molecule has 0 amide bonds. The van der Waals surface area contributed by atoms with Gasteiger partial charge in [-0.1, -0.05) is 31.5 Å². The summed E-state index contributed by atoms with van der Waals surface area (Å²) in [5.74, 6) is 0. The van der Waals surface area contributed by atoms with Gasteiger partial charge in [0.15, 0.2) is 0 Å². The molecule has 1 nitrogen and oxygen atoms in total. The molecule has 1 aliphatic heterocycles. The highest BCUT2D eigenvalue weighted by molar-refractivity contribution is 5.43. The molecule has 1 aromatic carbocycles. The van der Waals surface area contributed by atoms with E-state index in [1.54, 1.807) is 16.7 Å². The Kier molecular flexibility index (Phi) is 2.72. The molecule has 1 unspecified atom stereocenters. The van der Waals surface area contributed by atoms with E-state index < -0.39 is 0 Å². The Hall–Kier alpha value is -0.820. The minimum atomic E-state index is 0.756. The average Bonchev–Trinajstić information content (AvgIpc) is 2.75. The van der Waals surface area contributed by atoms with Gasteiger partial charge in [0.2, 0.25) is 0 Å². The van der Waals surface area contributed by atoms with Crippen molar-refractivity contribution in [3.63, 3.8) is 0 Å². The molecule has 1 atom stereocenters. The first-order chi connectivity index (χ1) is 7.90. The van der Waals surface area contributed by atoms with Crippen LogP contribution in [0.1, 0.15) is 48.9 Å². The van der Waals surface area contributed by atoms with E-state index in [4.69, 9.17) is 0 Å². The molecule has 0 bridgehead atoms. The van der Waals surface area contributed by atoms with Crippen molar-refractivity contribution in [3.05, 3.63) is 34.9 Å². The van der Waals surface area contributed by atoms with Crippen LogP contribution in [0, 0.1) is 0 Å². The van der Waals surface area contributed by atoms with Crippen LogP contribution < -0.4 is 0 Å². The molecule has 0 fully saturated rings. The van der Waals surface area contributed by atoms with E-state index in [0.29, 0.717) is 0 Å². The molecule has 0 aromatic heterocycles. The molecule has 1 heteroatoms. The smallest absolute Gasteiger partial charge is 0.0356 e. The highest BCUT2D eigenvalue weighted by Gasteiger charge is 2.32. The third-order valence-electron chi connectivity index (χ3n) is 4.22. The molecular weight excluding hydrogens is 194 g/mol. The fourth-order valence-corrected chi connectivity index (χ4v) is 3.38. The van der Waals surface area contributed by atoms with E-state index in [1.807, 2.05) is 0 Å². The molecule has 2 aliphatic rings. The van der Waals surface area contributed by atoms with Gasteiger partial charge in [-0.2, -0.15) is 0 Å². The largest absolute Gasteiger partial charge is 0.296 e. The predicted molar refractivity (Wildman–Crippen MR) is 67.7 cm³/mol. The van der Waals surface area contributed by atoms with Crippen molar-refractivity contribution in [2.75, 3.05) is 13.1 Å². The van der Waals surface area contributed by atoms with Crippen molar-refractivity contribution in [1.29, 1.82) is 0 Å². The molecule has 0 saturated carbocycles. The van der Waals surface area contributed by atoms with Gasteiger partial charge in [-0.25, -0.2) is 0 Å². The monoisotopic (exact) mass is 215 g/mol. The summed E-state index contributed by atoms with van der Waals surface area (Å²) in [6.07, 6.45) is 6.60. The van der Waals surface area contributed by atoms with Gasteiger partial charge in [-0.15, -0.1) is 0 Å². The van der Waals surface area contributed by atoms with Gasteiger partial charge < -0.3 is 0 Å². The van der Waals surface area contributed by atoms with E-state index in [2.05, 4.69) is 30.0 Å². The van der Waals surface area contributed by atoms with Gasteiger partial charge in [-0.05, 0) is 48.9 Å². The highest BCUT2D eigenvalue weighted by atomic mass is 15.2. The summed E-state index contributed by atoms with van der Waals surface area (Å²) in [7, 11) is 0. The van der Waals surface area contributed by atoms with Gasteiger partial charge in [0.25, 0.3) is 0 Å². The lowest BCUT2D eigenvalue weighted by Crippen LogP contribution is -2.34. The van der Waals surface area contributed by atoms with Crippen LogP contribution in [0.2, 0.25) is 0 Å². The van der Waals surface area contributed by atoms with Crippen LogP contribution in [0.25, 0.3) is 0 Å². The maximum absolute atomic E-state index is 2.72. The Labute approximate surface area is 98.5 Å². The number of benzene rings is 1. The molecule has 0 saturated heterocycles. The number of rotatable bonds is 3. The number of unbranched alkanes of at least 4 members (excludes halogenated alkanes) is 1. The Morgan fingerprint density at radius 2 is 2.06 bits per heavy atom.